The minimum atomic E-state index is -1.18. The summed E-state index contributed by atoms with van der Waals surface area (Å²) in [4.78, 5) is 23.6. The first-order valence-electron chi connectivity index (χ1n) is 6.32. The number of carbonyl (C=O) groups excluding carboxylic acids is 1. The number of hydrogen-bond donors (Lipinski definition) is 2. The summed E-state index contributed by atoms with van der Waals surface area (Å²) in [7, 11) is 0. The Morgan fingerprint density at radius 1 is 1.52 bits per heavy atom. The lowest BCUT2D eigenvalue weighted by molar-refractivity contribution is -0.384. The van der Waals surface area contributed by atoms with Gasteiger partial charge in [0.2, 0.25) is 0 Å². The zero-order valence-electron chi connectivity index (χ0n) is 12.1. The average molecular weight is 299 g/mol. The first-order valence-corrected chi connectivity index (χ1v) is 6.32. The van der Waals surface area contributed by atoms with Crippen molar-refractivity contribution in [3.8, 4) is 0 Å². The van der Waals surface area contributed by atoms with Gasteiger partial charge in [0.25, 0.3) is 11.6 Å². The van der Waals surface area contributed by atoms with E-state index < -0.39 is 39.2 Å². The van der Waals surface area contributed by atoms with Crippen molar-refractivity contribution in [2.75, 3.05) is 18.8 Å². The van der Waals surface area contributed by atoms with Crippen LogP contribution in [-0.4, -0.2) is 39.5 Å². The monoisotopic (exact) mass is 299 g/mol. The van der Waals surface area contributed by atoms with E-state index in [1.54, 1.807) is 6.92 Å². The van der Waals surface area contributed by atoms with Gasteiger partial charge in [0.05, 0.1) is 10.5 Å². The van der Waals surface area contributed by atoms with Crippen LogP contribution in [0.5, 0.6) is 0 Å². The largest absolute Gasteiger partial charge is 0.392 e. The number of aliphatic hydroxyl groups is 1. The molecular formula is C13H18FN3O4. The highest BCUT2D eigenvalue weighted by Gasteiger charge is 2.29. The highest BCUT2D eigenvalue weighted by Crippen LogP contribution is 2.28. The summed E-state index contributed by atoms with van der Waals surface area (Å²) in [5.41, 5.74) is 2.78. The van der Waals surface area contributed by atoms with Crippen molar-refractivity contribution in [2.24, 2.45) is 0 Å². The van der Waals surface area contributed by atoms with Crippen LogP contribution in [0.3, 0.4) is 0 Å². The summed E-state index contributed by atoms with van der Waals surface area (Å²) in [6.45, 7) is 4.79. The number of halogens is 1. The lowest BCUT2D eigenvalue weighted by atomic mass is 10.1. The van der Waals surface area contributed by atoms with Crippen molar-refractivity contribution in [3.63, 3.8) is 0 Å². The Bertz CT molecular complexity index is 569. The molecule has 3 N–H and O–H groups in total. The van der Waals surface area contributed by atoms with E-state index in [9.17, 15) is 24.4 Å². The molecule has 0 atom stereocenters. The quantitative estimate of drug-likeness (QED) is 0.487. The summed E-state index contributed by atoms with van der Waals surface area (Å²) >= 11 is 0. The SMILES string of the molecule is CCN(CC(C)(C)O)C(=O)c1c(F)ccc([N+](=O)[O-])c1N. The number of hydrogen-bond acceptors (Lipinski definition) is 5. The molecule has 0 aliphatic carbocycles. The van der Waals surface area contributed by atoms with Crippen molar-refractivity contribution >= 4 is 17.3 Å². The molecule has 0 fully saturated rings. The Morgan fingerprint density at radius 2 is 2.10 bits per heavy atom. The summed E-state index contributed by atoms with van der Waals surface area (Å²) in [5.74, 6) is -1.73. The Labute approximate surface area is 121 Å². The lowest BCUT2D eigenvalue weighted by Gasteiger charge is -2.28. The molecule has 0 aliphatic heterocycles. The van der Waals surface area contributed by atoms with Crippen LogP contribution in [0.15, 0.2) is 12.1 Å². The molecule has 0 bridgehead atoms. The van der Waals surface area contributed by atoms with Crippen molar-refractivity contribution in [3.05, 3.63) is 33.6 Å². The molecule has 1 aromatic rings. The molecule has 116 valence electrons. The van der Waals surface area contributed by atoms with Crippen LogP contribution in [0.25, 0.3) is 0 Å². The standard InChI is InChI=1S/C13H18FN3O4/c1-4-16(7-13(2,3)19)12(18)10-8(14)5-6-9(11(10)15)17(20)21/h5-6,19H,4,7,15H2,1-3H3. The zero-order valence-corrected chi connectivity index (χ0v) is 12.1. The smallest absolute Gasteiger partial charge is 0.293 e. The van der Waals surface area contributed by atoms with Crippen LogP contribution >= 0.6 is 0 Å². The van der Waals surface area contributed by atoms with Crippen LogP contribution in [0.1, 0.15) is 31.1 Å². The molecular weight excluding hydrogens is 281 g/mol. The third-order valence-corrected chi connectivity index (χ3v) is 2.83. The Hall–Kier alpha value is -2.22. The fraction of sp³-hybridized carbons (Fsp3) is 0.462. The van der Waals surface area contributed by atoms with E-state index in [0.717, 1.165) is 12.1 Å². The fourth-order valence-electron chi connectivity index (χ4n) is 1.91. The number of nitrogens with zero attached hydrogens (tertiary/aromatic N) is 2. The number of amides is 1. The van der Waals surface area contributed by atoms with Crippen LogP contribution in [0.2, 0.25) is 0 Å². The molecule has 0 spiro atoms. The number of nitrogens with two attached hydrogens (primary N) is 1. The molecule has 8 heteroatoms. The molecule has 0 radical (unpaired) electrons. The fourth-order valence-corrected chi connectivity index (χ4v) is 1.91. The van der Waals surface area contributed by atoms with Gasteiger partial charge in [-0.25, -0.2) is 4.39 Å². The number of likely N-dealkylation sites (N-methyl/N-ethyl adjacent to an activating group) is 1. The Morgan fingerprint density at radius 3 is 2.52 bits per heavy atom. The third kappa shape index (κ3) is 3.88. The van der Waals surface area contributed by atoms with Crippen molar-refractivity contribution in [2.45, 2.75) is 26.4 Å². The van der Waals surface area contributed by atoms with Gasteiger partial charge in [-0.3, -0.25) is 14.9 Å². The molecule has 0 unspecified atom stereocenters. The maximum absolute atomic E-state index is 13.9. The highest BCUT2D eigenvalue weighted by atomic mass is 19.1. The molecule has 0 saturated heterocycles. The van der Waals surface area contributed by atoms with Gasteiger partial charge in [-0.2, -0.15) is 0 Å². The highest BCUT2D eigenvalue weighted by molar-refractivity contribution is 6.01. The Balaban J connectivity index is 3.28. The first kappa shape index (κ1) is 16.8. The van der Waals surface area contributed by atoms with Gasteiger partial charge in [0, 0.05) is 19.2 Å². The zero-order chi connectivity index (χ0) is 16.4. The van der Waals surface area contributed by atoms with E-state index in [2.05, 4.69) is 0 Å². The van der Waals surface area contributed by atoms with Crippen LogP contribution in [0.4, 0.5) is 15.8 Å². The summed E-state index contributed by atoms with van der Waals surface area (Å²) < 4.78 is 13.9. The predicted molar refractivity (Wildman–Crippen MR) is 75.3 cm³/mol. The maximum Gasteiger partial charge on any atom is 0.293 e. The van der Waals surface area contributed by atoms with Crippen molar-refractivity contribution in [1.29, 1.82) is 0 Å². The van der Waals surface area contributed by atoms with E-state index >= 15 is 0 Å². The minimum Gasteiger partial charge on any atom is -0.392 e. The van der Waals surface area contributed by atoms with Crippen LogP contribution in [0, 0.1) is 15.9 Å². The van der Waals surface area contributed by atoms with Crippen molar-refractivity contribution in [1.82, 2.24) is 4.90 Å². The van der Waals surface area contributed by atoms with Gasteiger partial charge in [0.1, 0.15) is 17.1 Å². The molecule has 21 heavy (non-hydrogen) atoms. The number of rotatable bonds is 5. The second-order valence-corrected chi connectivity index (χ2v) is 5.24. The van der Waals surface area contributed by atoms with Gasteiger partial charge in [-0.15, -0.1) is 0 Å². The number of nitrogen functional groups attached to an aromatic ring is 1. The van der Waals surface area contributed by atoms with Crippen LogP contribution < -0.4 is 5.73 Å². The number of anilines is 1. The van der Waals surface area contributed by atoms with Gasteiger partial charge in [-0.1, -0.05) is 0 Å². The normalized spacial score (nSPS) is 11.3. The molecule has 0 heterocycles. The molecule has 1 aromatic carbocycles. The second-order valence-electron chi connectivity index (χ2n) is 5.24. The lowest BCUT2D eigenvalue weighted by Crippen LogP contribution is -2.42. The number of benzene rings is 1. The van der Waals surface area contributed by atoms with Gasteiger partial charge in [0.15, 0.2) is 0 Å². The van der Waals surface area contributed by atoms with Crippen LogP contribution in [-0.2, 0) is 0 Å². The number of nitro groups is 1. The van der Waals surface area contributed by atoms with E-state index in [0.29, 0.717) is 0 Å². The number of carbonyl (C=O) groups is 1. The van der Waals surface area contributed by atoms with E-state index in [1.807, 2.05) is 0 Å². The average Bonchev–Trinajstić information content (AvgIpc) is 2.34. The molecule has 0 saturated carbocycles. The van der Waals surface area contributed by atoms with Gasteiger partial charge < -0.3 is 15.7 Å². The molecule has 0 aliphatic rings. The van der Waals surface area contributed by atoms with Gasteiger partial charge >= 0.3 is 0 Å². The third-order valence-electron chi connectivity index (χ3n) is 2.83. The predicted octanol–water partition coefficient (Wildman–Crippen LogP) is 1.55. The molecule has 1 amide bonds. The van der Waals surface area contributed by atoms with E-state index in [-0.39, 0.29) is 13.1 Å². The van der Waals surface area contributed by atoms with E-state index in [1.165, 1.54) is 18.7 Å². The number of nitro benzene ring substituents is 1. The first-order chi connectivity index (χ1) is 9.58. The summed E-state index contributed by atoms with van der Waals surface area (Å²) in [6.07, 6.45) is 0. The summed E-state index contributed by atoms with van der Waals surface area (Å²) in [6, 6.07) is 1.74. The maximum atomic E-state index is 13.9. The second kappa shape index (κ2) is 6.04. The van der Waals surface area contributed by atoms with Gasteiger partial charge in [-0.05, 0) is 26.8 Å². The minimum absolute atomic E-state index is 0.0517. The summed E-state index contributed by atoms with van der Waals surface area (Å²) in [5, 5.41) is 20.6. The van der Waals surface area contributed by atoms with E-state index in [4.69, 9.17) is 5.73 Å². The molecule has 7 nitrogen and oxygen atoms in total. The Kier molecular flexibility index (Phi) is 4.84. The molecule has 0 aromatic heterocycles. The molecule has 1 rings (SSSR count). The topological polar surface area (TPSA) is 110 Å². The van der Waals surface area contributed by atoms with Crippen molar-refractivity contribution < 1.29 is 19.2 Å².